The third-order valence-electron chi connectivity index (χ3n) is 5.55. The van der Waals surface area contributed by atoms with Crippen LogP contribution >= 0.6 is 0 Å². The van der Waals surface area contributed by atoms with Gasteiger partial charge in [-0.3, -0.25) is 9.98 Å². The molecule has 0 N–H and O–H groups in total. The van der Waals surface area contributed by atoms with Crippen molar-refractivity contribution in [1.82, 2.24) is 0 Å². The van der Waals surface area contributed by atoms with Gasteiger partial charge in [-0.15, -0.1) is 0 Å². The van der Waals surface area contributed by atoms with Gasteiger partial charge in [0.05, 0.1) is 11.4 Å². The summed E-state index contributed by atoms with van der Waals surface area (Å²) >= 11 is 0. The van der Waals surface area contributed by atoms with Gasteiger partial charge in [0, 0.05) is 12.4 Å². The minimum Gasteiger partial charge on any atom is -0.261 e. The molecular weight excluding hydrogens is 364 g/mol. The zero-order valence-electron chi connectivity index (χ0n) is 20.2. The molecule has 2 heteroatoms. The smallest absolute Gasteiger partial charge is 0.0694 e. The Morgan fingerprint density at radius 3 is 1.03 bits per heavy atom. The van der Waals surface area contributed by atoms with Crippen LogP contribution < -0.4 is 0 Å². The molecule has 0 atom stereocenters. The van der Waals surface area contributed by atoms with E-state index in [4.69, 9.17) is 9.98 Å². The molecule has 2 rings (SSSR count). The van der Waals surface area contributed by atoms with Gasteiger partial charge < -0.3 is 0 Å². The van der Waals surface area contributed by atoms with Crippen molar-refractivity contribution in [3.05, 3.63) is 58.7 Å². The van der Waals surface area contributed by atoms with E-state index in [9.17, 15) is 0 Å². The fourth-order valence-corrected chi connectivity index (χ4v) is 3.78. The maximum Gasteiger partial charge on any atom is 0.0694 e. The molecule has 0 heterocycles. The Morgan fingerprint density at radius 1 is 0.533 bits per heavy atom. The van der Waals surface area contributed by atoms with Crippen LogP contribution in [0.25, 0.3) is 0 Å². The fraction of sp³-hybridized carbons (Fsp3) is 0.500. The molecule has 162 valence electrons. The highest BCUT2D eigenvalue weighted by Crippen LogP contribution is 2.35. The van der Waals surface area contributed by atoms with Crippen LogP contribution in [-0.2, 0) is 0 Å². The number of benzene rings is 2. The predicted molar refractivity (Wildman–Crippen MR) is 135 cm³/mol. The Bertz CT molecular complexity index is 744. The first-order valence-corrected chi connectivity index (χ1v) is 11.5. The number of hydrogen-bond acceptors (Lipinski definition) is 2. The molecule has 30 heavy (non-hydrogen) atoms. The molecule has 2 aromatic rings. The average Bonchev–Trinajstić information content (AvgIpc) is 2.69. The average molecular weight is 405 g/mol. The SMILES string of the molecule is CC(C)c1cccc(C(C)C)c1N=CCCC=Nc1c(C(C)C)cccc1C(C)C. The van der Waals surface area contributed by atoms with Crippen molar-refractivity contribution >= 4 is 23.8 Å². The monoisotopic (exact) mass is 404 g/mol. The number of para-hydroxylation sites is 2. The van der Waals surface area contributed by atoms with E-state index in [1.807, 2.05) is 0 Å². The first kappa shape index (κ1) is 24.1. The largest absolute Gasteiger partial charge is 0.261 e. The first-order chi connectivity index (χ1) is 14.2. The molecule has 0 spiro atoms. The van der Waals surface area contributed by atoms with Crippen LogP contribution in [0.2, 0.25) is 0 Å². The van der Waals surface area contributed by atoms with Crippen LogP contribution in [0.1, 0.15) is 114 Å². The van der Waals surface area contributed by atoms with Gasteiger partial charge in [-0.05, 0) is 58.8 Å². The molecule has 0 aromatic heterocycles. The Hall–Kier alpha value is -2.22. The van der Waals surface area contributed by atoms with Crippen molar-refractivity contribution in [2.24, 2.45) is 9.98 Å². The molecule has 0 radical (unpaired) electrons. The van der Waals surface area contributed by atoms with Gasteiger partial charge in [0.15, 0.2) is 0 Å². The van der Waals surface area contributed by atoms with E-state index in [0.717, 1.165) is 24.2 Å². The van der Waals surface area contributed by atoms with Crippen LogP contribution in [-0.4, -0.2) is 12.4 Å². The molecule has 0 aliphatic rings. The van der Waals surface area contributed by atoms with Crippen molar-refractivity contribution in [3.8, 4) is 0 Å². The molecule has 0 fully saturated rings. The summed E-state index contributed by atoms with van der Waals surface area (Å²) in [5, 5.41) is 0. The molecule has 0 unspecified atom stereocenters. The maximum absolute atomic E-state index is 4.90. The van der Waals surface area contributed by atoms with Gasteiger partial charge in [-0.2, -0.15) is 0 Å². The van der Waals surface area contributed by atoms with Crippen LogP contribution in [0, 0.1) is 0 Å². The van der Waals surface area contributed by atoms with E-state index in [0.29, 0.717) is 23.7 Å². The molecular formula is C28H40N2. The Kier molecular flexibility index (Phi) is 9.02. The van der Waals surface area contributed by atoms with Crippen molar-refractivity contribution in [3.63, 3.8) is 0 Å². The topological polar surface area (TPSA) is 24.7 Å². The summed E-state index contributed by atoms with van der Waals surface area (Å²) in [6.45, 7) is 17.9. The van der Waals surface area contributed by atoms with Crippen molar-refractivity contribution < 1.29 is 0 Å². The second kappa shape index (κ2) is 11.2. The maximum atomic E-state index is 4.90. The lowest BCUT2D eigenvalue weighted by molar-refractivity contribution is 0.834. The third-order valence-corrected chi connectivity index (χ3v) is 5.55. The standard InChI is InChI=1S/C28H40N2/c1-19(2)23-13-11-14-24(20(3)4)27(23)29-17-9-10-18-30-28-25(21(5)6)15-12-16-26(28)22(7)8/h11-22H,9-10H2,1-8H3. The van der Waals surface area contributed by atoms with Gasteiger partial charge in [0.2, 0.25) is 0 Å². The second-order valence-corrected chi connectivity index (χ2v) is 9.39. The zero-order chi connectivity index (χ0) is 22.3. The molecule has 0 aliphatic heterocycles. The highest BCUT2D eigenvalue weighted by atomic mass is 14.7. The van der Waals surface area contributed by atoms with Crippen molar-refractivity contribution in [2.45, 2.75) is 91.9 Å². The minimum absolute atomic E-state index is 0.472. The summed E-state index contributed by atoms with van der Waals surface area (Å²) in [5.74, 6) is 1.89. The highest BCUT2D eigenvalue weighted by molar-refractivity contribution is 5.73. The number of unbranched alkanes of at least 4 members (excludes halogenated alkanes) is 1. The minimum atomic E-state index is 0.472. The van der Waals surface area contributed by atoms with Crippen LogP contribution in [0.5, 0.6) is 0 Å². The summed E-state index contributed by atoms with van der Waals surface area (Å²) in [4.78, 5) is 9.80. The summed E-state index contributed by atoms with van der Waals surface area (Å²) in [7, 11) is 0. The molecule has 0 saturated carbocycles. The quantitative estimate of drug-likeness (QED) is 0.294. The van der Waals surface area contributed by atoms with E-state index < -0.39 is 0 Å². The predicted octanol–water partition coefficient (Wildman–Crippen LogP) is 9.07. The number of aliphatic imine (C=N–C) groups is 2. The van der Waals surface area contributed by atoms with Gasteiger partial charge in [-0.25, -0.2) is 0 Å². The Balaban J connectivity index is 2.15. The van der Waals surface area contributed by atoms with E-state index in [1.54, 1.807) is 0 Å². The van der Waals surface area contributed by atoms with Gasteiger partial charge in [0.1, 0.15) is 0 Å². The lowest BCUT2D eigenvalue weighted by atomic mass is 9.93. The number of nitrogens with zero attached hydrogens (tertiary/aromatic N) is 2. The lowest BCUT2D eigenvalue weighted by Gasteiger charge is -2.16. The van der Waals surface area contributed by atoms with E-state index in [2.05, 4.69) is 104 Å². The van der Waals surface area contributed by atoms with Crippen LogP contribution in [0.3, 0.4) is 0 Å². The number of hydrogen-bond donors (Lipinski definition) is 0. The van der Waals surface area contributed by atoms with E-state index in [1.165, 1.54) is 22.3 Å². The molecule has 0 aliphatic carbocycles. The Morgan fingerprint density at radius 2 is 0.800 bits per heavy atom. The molecule has 0 amide bonds. The van der Waals surface area contributed by atoms with E-state index in [-0.39, 0.29) is 0 Å². The van der Waals surface area contributed by atoms with Crippen molar-refractivity contribution in [1.29, 1.82) is 0 Å². The normalized spacial score (nSPS) is 12.5. The molecule has 0 bridgehead atoms. The second-order valence-electron chi connectivity index (χ2n) is 9.39. The third kappa shape index (κ3) is 6.14. The zero-order valence-corrected chi connectivity index (χ0v) is 20.2. The molecule has 2 aromatic carbocycles. The van der Waals surface area contributed by atoms with E-state index >= 15 is 0 Å². The number of rotatable bonds is 9. The molecule has 2 nitrogen and oxygen atoms in total. The Labute approximate surface area is 184 Å². The van der Waals surface area contributed by atoms with Crippen LogP contribution in [0.4, 0.5) is 11.4 Å². The lowest BCUT2D eigenvalue weighted by Crippen LogP contribution is -1.96. The van der Waals surface area contributed by atoms with Crippen LogP contribution in [0.15, 0.2) is 46.4 Å². The van der Waals surface area contributed by atoms with Gasteiger partial charge >= 0.3 is 0 Å². The van der Waals surface area contributed by atoms with Gasteiger partial charge in [-0.1, -0.05) is 91.8 Å². The highest BCUT2D eigenvalue weighted by Gasteiger charge is 2.13. The van der Waals surface area contributed by atoms with Crippen molar-refractivity contribution in [2.75, 3.05) is 0 Å². The molecule has 0 saturated heterocycles. The summed E-state index contributed by atoms with van der Waals surface area (Å²) < 4.78 is 0. The summed E-state index contributed by atoms with van der Waals surface area (Å²) in [6, 6.07) is 13.2. The summed E-state index contributed by atoms with van der Waals surface area (Å²) in [5.41, 5.74) is 7.65. The summed E-state index contributed by atoms with van der Waals surface area (Å²) in [6.07, 6.45) is 5.93. The van der Waals surface area contributed by atoms with Gasteiger partial charge in [0.25, 0.3) is 0 Å². The first-order valence-electron chi connectivity index (χ1n) is 11.5. The fourth-order valence-electron chi connectivity index (χ4n) is 3.78.